The Morgan fingerprint density at radius 1 is 1.27 bits per heavy atom. The normalized spacial score (nSPS) is 36.1. The summed E-state index contributed by atoms with van der Waals surface area (Å²) < 4.78 is 16.2. The number of rotatable bonds is 5. The van der Waals surface area contributed by atoms with Crippen LogP contribution in [0.5, 0.6) is 0 Å². The zero-order valence-corrected chi connectivity index (χ0v) is 18.4. The summed E-state index contributed by atoms with van der Waals surface area (Å²) in [7, 11) is 0. The number of hydrogen-bond donors (Lipinski definition) is 0. The summed E-state index contributed by atoms with van der Waals surface area (Å²) in [6.45, 7) is 12.0. The molecule has 0 bridgehead atoms. The molecule has 2 saturated carbocycles. The van der Waals surface area contributed by atoms with Gasteiger partial charge in [-0.3, -0.25) is 9.59 Å². The number of hydrogen-bond acceptors (Lipinski definition) is 6. The number of esters is 3. The number of carbonyl (C=O) groups is 3. The lowest BCUT2D eigenvalue weighted by Gasteiger charge is -2.59. The van der Waals surface area contributed by atoms with E-state index in [4.69, 9.17) is 14.2 Å². The van der Waals surface area contributed by atoms with E-state index in [9.17, 15) is 14.4 Å². The molecule has 6 nitrogen and oxygen atoms in total. The molecule has 0 saturated heterocycles. The van der Waals surface area contributed by atoms with Gasteiger partial charge in [-0.25, -0.2) is 4.79 Å². The molecule has 30 heavy (non-hydrogen) atoms. The van der Waals surface area contributed by atoms with Gasteiger partial charge < -0.3 is 14.2 Å². The van der Waals surface area contributed by atoms with Gasteiger partial charge in [-0.05, 0) is 43.1 Å². The Balaban J connectivity index is 1.94. The van der Waals surface area contributed by atoms with Crippen molar-refractivity contribution in [3.05, 3.63) is 36.0 Å². The van der Waals surface area contributed by atoms with E-state index in [1.54, 1.807) is 6.08 Å². The highest BCUT2D eigenvalue weighted by atomic mass is 16.6. The van der Waals surface area contributed by atoms with Gasteiger partial charge >= 0.3 is 17.9 Å². The minimum absolute atomic E-state index is 0.0699. The highest BCUT2D eigenvalue weighted by molar-refractivity contribution is 5.93. The Bertz CT molecular complexity index is 809. The van der Waals surface area contributed by atoms with Gasteiger partial charge in [-0.2, -0.15) is 0 Å². The molecule has 0 unspecified atom stereocenters. The fraction of sp³-hybridized carbons (Fsp3) is 0.625. The van der Waals surface area contributed by atoms with Gasteiger partial charge in [-0.1, -0.05) is 38.2 Å². The lowest BCUT2D eigenvalue weighted by Crippen LogP contribution is -2.58. The zero-order chi connectivity index (χ0) is 22.1. The average Bonchev–Trinajstić information content (AvgIpc) is 3.07. The van der Waals surface area contributed by atoms with Crippen molar-refractivity contribution >= 4 is 17.9 Å². The number of carbonyl (C=O) groups excluding carboxylic acids is 3. The average molecular weight is 417 g/mol. The van der Waals surface area contributed by atoms with Crippen molar-refractivity contribution in [2.45, 2.75) is 59.5 Å². The van der Waals surface area contributed by atoms with Gasteiger partial charge in [0.1, 0.15) is 19.3 Å². The van der Waals surface area contributed by atoms with Crippen molar-refractivity contribution in [1.29, 1.82) is 0 Å². The van der Waals surface area contributed by atoms with Gasteiger partial charge in [0, 0.05) is 25.2 Å². The molecule has 6 heteroatoms. The molecule has 0 aromatic carbocycles. The second-order valence-corrected chi connectivity index (χ2v) is 9.27. The van der Waals surface area contributed by atoms with Crippen molar-refractivity contribution in [2.75, 3.05) is 13.2 Å². The first-order chi connectivity index (χ1) is 14.1. The summed E-state index contributed by atoms with van der Waals surface area (Å²) in [6, 6.07) is 0. The van der Waals surface area contributed by atoms with E-state index >= 15 is 0 Å². The van der Waals surface area contributed by atoms with Crippen LogP contribution in [0.25, 0.3) is 0 Å². The molecule has 0 amide bonds. The van der Waals surface area contributed by atoms with Crippen LogP contribution in [0.4, 0.5) is 0 Å². The zero-order valence-electron chi connectivity index (χ0n) is 18.4. The van der Waals surface area contributed by atoms with E-state index in [2.05, 4.69) is 26.5 Å². The molecule has 3 aliphatic rings. The molecule has 0 radical (unpaired) electrons. The summed E-state index contributed by atoms with van der Waals surface area (Å²) in [5, 5.41) is 0. The van der Waals surface area contributed by atoms with E-state index in [-0.39, 0.29) is 47.9 Å². The van der Waals surface area contributed by atoms with Gasteiger partial charge in [0.2, 0.25) is 0 Å². The topological polar surface area (TPSA) is 78.9 Å². The summed E-state index contributed by atoms with van der Waals surface area (Å²) in [4.78, 5) is 35.2. The third-order valence-electron chi connectivity index (χ3n) is 7.29. The first kappa shape index (κ1) is 22.3. The smallest absolute Gasteiger partial charge is 0.338 e. The summed E-state index contributed by atoms with van der Waals surface area (Å²) in [6.07, 6.45) is 8.66. The van der Waals surface area contributed by atoms with E-state index in [0.717, 1.165) is 24.8 Å². The maximum atomic E-state index is 11.8. The molecule has 2 fully saturated rings. The van der Waals surface area contributed by atoms with Crippen LogP contribution in [0.1, 0.15) is 53.4 Å². The predicted molar refractivity (Wildman–Crippen MR) is 111 cm³/mol. The first-order valence-electron chi connectivity index (χ1n) is 10.6. The van der Waals surface area contributed by atoms with Gasteiger partial charge in [0.05, 0.1) is 5.57 Å². The van der Waals surface area contributed by atoms with Crippen LogP contribution in [0.15, 0.2) is 36.0 Å². The standard InChI is InChI=1S/C24H32O6/c1-15-6-9-20-23(4,19(15)8-7-18-11-13-28-22(18)27)12-10-21(30-17(3)26)24(20,5)14-29-16(2)25/h7-8,11,19-21H,1,6,9-10,12-14H2,2-5H3/b8-7+/t19-,20+,21-,23+,24+/m1/s1. The number of allylic oxidation sites excluding steroid dienone is 2. The van der Waals surface area contributed by atoms with Crippen LogP contribution in [-0.4, -0.2) is 37.2 Å². The van der Waals surface area contributed by atoms with E-state index in [1.165, 1.54) is 13.8 Å². The molecular formula is C24H32O6. The summed E-state index contributed by atoms with van der Waals surface area (Å²) in [5.41, 5.74) is 1.06. The molecule has 0 spiro atoms. The maximum absolute atomic E-state index is 11.8. The molecule has 0 N–H and O–H groups in total. The monoisotopic (exact) mass is 416 g/mol. The van der Waals surface area contributed by atoms with Gasteiger partial charge in [-0.15, -0.1) is 0 Å². The third kappa shape index (κ3) is 4.09. The molecular weight excluding hydrogens is 384 g/mol. The number of cyclic esters (lactones) is 1. The Labute approximate surface area is 178 Å². The predicted octanol–water partition coefficient (Wildman–Crippen LogP) is 3.91. The fourth-order valence-electron chi connectivity index (χ4n) is 5.82. The maximum Gasteiger partial charge on any atom is 0.338 e. The Kier molecular flexibility index (Phi) is 6.25. The highest BCUT2D eigenvalue weighted by Crippen LogP contribution is 2.62. The summed E-state index contributed by atoms with van der Waals surface area (Å²) in [5.74, 6) is -0.727. The van der Waals surface area contributed by atoms with Crippen LogP contribution < -0.4 is 0 Å². The van der Waals surface area contributed by atoms with E-state index < -0.39 is 5.41 Å². The molecule has 0 aromatic rings. The second kappa shape index (κ2) is 8.40. The molecule has 0 aromatic heterocycles. The lowest BCUT2D eigenvalue weighted by molar-refractivity contribution is -0.189. The Hall–Kier alpha value is -2.37. The van der Waals surface area contributed by atoms with Crippen LogP contribution in [0, 0.1) is 22.7 Å². The Morgan fingerprint density at radius 3 is 2.60 bits per heavy atom. The molecule has 1 heterocycles. The van der Waals surface area contributed by atoms with Crippen LogP contribution in [0.3, 0.4) is 0 Å². The van der Waals surface area contributed by atoms with Crippen molar-refractivity contribution < 1.29 is 28.6 Å². The lowest BCUT2D eigenvalue weighted by atomic mass is 9.46. The largest absolute Gasteiger partial charge is 0.465 e. The van der Waals surface area contributed by atoms with Crippen LogP contribution in [0.2, 0.25) is 0 Å². The van der Waals surface area contributed by atoms with Gasteiger partial charge in [0.25, 0.3) is 0 Å². The number of fused-ring (bicyclic) bond motifs is 1. The SMILES string of the molecule is C=C1CC[C@@H]2[C@](C)(COC(C)=O)[C@H](OC(C)=O)CC[C@@]2(C)[C@@H]1/C=C/C1=CCOC1=O. The van der Waals surface area contributed by atoms with Crippen molar-refractivity contribution in [3.8, 4) is 0 Å². The minimum atomic E-state index is -0.497. The third-order valence-corrected chi connectivity index (χ3v) is 7.29. The molecule has 2 aliphatic carbocycles. The Morgan fingerprint density at radius 2 is 2.00 bits per heavy atom. The van der Waals surface area contributed by atoms with Crippen molar-refractivity contribution in [1.82, 2.24) is 0 Å². The molecule has 1 aliphatic heterocycles. The fourth-order valence-corrected chi connectivity index (χ4v) is 5.82. The quantitative estimate of drug-likeness (QED) is 0.384. The molecule has 5 atom stereocenters. The van der Waals surface area contributed by atoms with Gasteiger partial charge in [0.15, 0.2) is 0 Å². The summed E-state index contributed by atoms with van der Waals surface area (Å²) >= 11 is 0. The first-order valence-corrected chi connectivity index (χ1v) is 10.6. The van der Waals surface area contributed by atoms with Crippen molar-refractivity contribution in [3.63, 3.8) is 0 Å². The minimum Gasteiger partial charge on any atom is -0.465 e. The van der Waals surface area contributed by atoms with E-state index in [1.807, 2.05) is 6.08 Å². The second-order valence-electron chi connectivity index (χ2n) is 9.27. The van der Waals surface area contributed by atoms with E-state index in [0.29, 0.717) is 18.6 Å². The molecule has 164 valence electrons. The van der Waals surface area contributed by atoms with Crippen LogP contribution in [-0.2, 0) is 28.6 Å². The van der Waals surface area contributed by atoms with Crippen LogP contribution >= 0.6 is 0 Å². The highest BCUT2D eigenvalue weighted by Gasteiger charge is 2.59. The molecule has 3 rings (SSSR count). The number of ether oxygens (including phenoxy) is 3. The van der Waals surface area contributed by atoms with Crippen molar-refractivity contribution in [2.24, 2.45) is 22.7 Å².